The molecule has 3 N–H and O–H groups in total. The van der Waals surface area contributed by atoms with Crippen molar-refractivity contribution in [2.45, 2.75) is 39.4 Å². The van der Waals surface area contributed by atoms with Gasteiger partial charge in [-0.05, 0) is 31.0 Å². The summed E-state index contributed by atoms with van der Waals surface area (Å²) < 4.78 is 40.1. The number of hydrogen-bond acceptors (Lipinski definition) is 4. The van der Waals surface area contributed by atoms with Crippen molar-refractivity contribution < 1.29 is 22.8 Å². The smallest absolute Gasteiger partial charge is 0.368 e. The third kappa shape index (κ3) is 5.01. The van der Waals surface area contributed by atoms with Gasteiger partial charge in [0.1, 0.15) is 6.04 Å². The highest BCUT2D eigenvalue weighted by molar-refractivity contribution is 5.95. The number of carbonyl (C=O) groups is 2. The number of benzene rings is 1. The van der Waals surface area contributed by atoms with Crippen LogP contribution in [-0.4, -0.2) is 27.6 Å². The molecule has 0 aliphatic rings. The Morgan fingerprint density at radius 1 is 1.28 bits per heavy atom. The Balaban J connectivity index is 2.48. The van der Waals surface area contributed by atoms with E-state index in [2.05, 4.69) is 10.4 Å². The summed E-state index contributed by atoms with van der Waals surface area (Å²) in [6.07, 6.45) is -4.02. The van der Waals surface area contributed by atoms with Crippen molar-refractivity contribution in [3.63, 3.8) is 0 Å². The maximum atomic E-state index is 13.0. The molecule has 2 unspecified atom stereocenters. The maximum Gasteiger partial charge on any atom is 0.416 e. The van der Waals surface area contributed by atoms with E-state index in [0.717, 1.165) is 22.9 Å². The zero-order valence-electron chi connectivity index (χ0n) is 16.1. The summed E-state index contributed by atoms with van der Waals surface area (Å²) in [6, 6.07) is 4.40. The summed E-state index contributed by atoms with van der Waals surface area (Å²) in [5.41, 5.74) is 3.40. The second-order valence-corrected chi connectivity index (χ2v) is 6.70. The zero-order chi connectivity index (χ0) is 21.9. The first-order chi connectivity index (χ1) is 13.5. The highest BCUT2D eigenvalue weighted by atomic mass is 19.4. The highest BCUT2D eigenvalue weighted by Gasteiger charge is 2.31. The molecule has 1 aromatic heterocycles. The molecule has 10 heteroatoms. The lowest BCUT2D eigenvalue weighted by Crippen LogP contribution is -2.49. The molecule has 29 heavy (non-hydrogen) atoms. The van der Waals surface area contributed by atoms with Crippen molar-refractivity contribution >= 4 is 11.8 Å². The number of nitrogens with two attached hydrogens (primary N) is 1. The zero-order valence-corrected chi connectivity index (χ0v) is 16.1. The normalized spacial score (nSPS) is 13.6. The average Bonchev–Trinajstić information content (AvgIpc) is 2.64. The minimum atomic E-state index is -4.56. The summed E-state index contributed by atoms with van der Waals surface area (Å²) in [5, 5.41) is 6.32. The Morgan fingerprint density at radius 3 is 2.48 bits per heavy atom. The second-order valence-electron chi connectivity index (χ2n) is 6.70. The predicted molar refractivity (Wildman–Crippen MR) is 99.5 cm³/mol. The van der Waals surface area contributed by atoms with Crippen LogP contribution in [0.4, 0.5) is 13.2 Å². The van der Waals surface area contributed by atoms with Crippen LogP contribution in [0.2, 0.25) is 0 Å². The number of carbonyl (C=O) groups excluding carboxylic acids is 2. The Morgan fingerprint density at radius 2 is 1.93 bits per heavy atom. The number of amides is 2. The van der Waals surface area contributed by atoms with Gasteiger partial charge in [0.2, 0.25) is 11.3 Å². The average molecular weight is 410 g/mol. The number of alkyl halides is 3. The van der Waals surface area contributed by atoms with E-state index in [1.54, 1.807) is 13.8 Å². The van der Waals surface area contributed by atoms with Crippen molar-refractivity contribution in [3.8, 4) is 5.69 Å². The molecule has 7 nitrogen and oxygen atoms in total. The number of nitrogens with zero attached hydrogens (tertiary/aromatic N) is 2. The molecular formula is C19H21F3N4O3. The molecule has 1 aromatic carbocycles. The van der Waals surface area contributed by atoms with Crippen LogP contribution in [0.3, 0.4) is 0 Å². The van der Waals surface area contributed by atoms with Crippen molar-refractivity contribution in [1.29, 1.82) is 0 Å². The molecule has 0 aliphatic heterocycles. The molecule has 2 atom stereocenters. The third-order valence-electron chi connectivity index (χ3n) is 4.55. The Hall–Kier alpha value is -3.17. The quantitative estimate of drug-likeness (QED) is 0.761. The van der Waals surface area contributed by atoms with E-state index in [4.69, 9.17) is 5.73 Å². The predicted octanol–water partition coefficient (Wildman–Crippen LogP) is 2.19. The van der Waals surface area contributed by atoms with E-state index in [9.17, 15) is 27.6 Å². The molecule has 0 aliphatic carbocycles. The molecule has 0 fully saturated rings. The van der Waals surface area contributed by atoms with Crippen molar-refractivity contribution in [3.05, 3.63) is 57.5 Å². The fourth-order valence-corrected chi connectivity index (χ4v) is 2.72. The van der Waals surface area contributed by atoms with E-state index >= 15 is 0 Å². The van der Waals surface area contributed by atoms with E-state index in [0.29, 0.717) is 6.42 Å². The molecule has 0 saturated carbocycles. The van der Waals surface area contributed by atoms with Crippen molar-refractivity contribution in [2.75, 3.05) is 0 Å². The number of aromatic nitrogens is 2. The van der Waals surface area contributed by atoms with Crippen LogP contribution in [-0.2, 0) is 11.0 Å². The number of primary amides is 1. The number of rotatable bonds is 6. The summed E-state index contributed by atoms with van der Waals surface area (Å²) in [7, 11) is 0. The monoisotopic (exact) mass is 410 g/mol. The van der Waals surface area contributed by atoms with Crippen LogP contribution in [0.1, 0.15) is 42.0 Å². The second kappa shape index (κ2) is 8.46. The topological polar surface area (TPSA) is 107 Å². The lowest BCUT2D eigenvalue weighted by atomic mass is 9.98. The van der Waals surface area contributed by atoms with Gasteiger partial charge in [-0.15, -0.1) is 0 Å². The van der Waals surface area contributed by atoms with Gasteiger partial charge in [0.05, 0.1) is 11.3 Å². The number of hydrogen-bond donors (Lipinski definition) is 2. The van der Waals surface area contributed by atoms with Crippen molar-refractivity contribution in [2.24, 2.45) is 11.7 Å². The fourth-order valence-electron chi connectivity index (χ4n) is 2.72. The lowest BCUT2D eigenvalue weighted by Gasteiger charge is -2.21. The van der Waals surface area contributed by atoms with Crippen LogP contribution in [0, 0.1) is 12.8 Å². The highest BCUT2D eigenvalue weighted by Crippen LogP contribution is 2.30. The summed E-state index contributed by atoms with van der Waals surface area (Å²) >= 11 is 0. The molecule has 2 rings (SSSR count). The molecule has 0 spiro atoms. The number of aryl methyl sites for hydroxylation is 1. The van der Waals surface area contributed by atoms with Gasteiger partial charge in [0, 0.05) is 11.8 Å². The molecular weight excluding hydrogens is 389 g/mol. The van der Waals surface area contributed by atoms with E-state index in [1.807, 2.05) is 0 Å². The van der Waals surface area contributed by atoms with Crippen LogP contribution in [0.5, 0.6) is 0 Å². The van der Waals surface area contributed by atoms with E-state index < -0.39 is 40.7 Å². The fraction of sp³-hybridized carbons (Fsp3) is 0.368. The van der Waals surface area contributed by atoms with Crippen LogP contribution < -0.4 is 16.5 Å². The SMILES string of the molecule is CCC(C)C(NC(=O)c1nn(-c2cccc(C(F)(F)F)c2)c(C)cc1=O)C(N)=O. The van der Waals surface area contributed by atoms with Gasteiger partial charge in [0.15, 0.2) is 5.69 Å². The molecule has 2 aromatic rings. The van der Waals surface area contributed by atoms with Gasteiger partial charge < -0.3 is 11.1 Å². The van der Waals surface area contributed by atoms with Gasteiger partial charge in [-0.3, -0.25) is 14.4 Å². The van der Waals surface area contributed by atoms with Crippen molar-refractivity contribution in [1.82, 2.24) is 15.1 Å². The summed E-state index contributed by atoms with van der Waals surface area (Å²) in [6.45, 7) is 4.98. The van der Waals surface area contributed by atoms with Gasteiger partial charge in [-0.1, -0.05) is 26.3 Å². The summed E-state index contributed by atoms with van der Waals surface area (Å²) in [5.74, 6) is -1.98. The molecule has 156 valence electrons. The number of halogens is 3. The van der Waals surface area contributed by atoms with E-state index in [-0.39, 0.29) is 17.3 Å². The van der Waals surface area contributed by atoms with Crippen LogP contribution >= 0.6 is 0 Å². The summed E-state index contributed by atoms with van der Waals surface area (Å²) in [4.78, 5) is 36.4. The first-order valence-electron chi connectivity index (χ1n) is 8.84. The van der Waals surface area contributed by atoms with Crippen LogP contribution in [0.25, 0.3) is 5.69 Å². The Labute approximate surface area is 164 Å². The molecule has 0 bridgehead atoms. The lowest BCUT2D eigenvalue weighted by molar-refractivity contribution is -0.137. The first kappa shape index (κ1) is 22.1. The Kier molecular flexibility index (Phi) is 6.45. The van der Waals surface area contributed by atoms with Crippen LogP contribution in [0.15, 0.2) is 35.1 Å². The van der Waals surface area contributed by atoms with E-state index in [1.165, 1.54) is 19.1 Å². The van der Waals surface area contributed by atoms with Gasteiger partial charge in [0.25, 0.3) is 5.91 Å². The minimum Gasteiger partial charge on any atom is -0.368 e. The molecule has 0 saturated heterocycles. The molecule has 1 heterocycles. The standard InChI is InChI=1S/C19H21F3N4O3/c1-4-10(2)15(17(23)28)24-18(29)16-14(27)8-11(3)26(25-16)13-7-5-6-12(9-13)19(20,21)22/h5-10,15H,4H2,1-3H3,(H2,23,28)(H,24,29). The third-order valence-corrected chi connectivity index (χ3v) is 4.55. The molecule has 2 amide bonds. The Bertz CT molecular complexity index is 985. The number of nitrogens with one attached hydrogen (secondary N) is 1. The largest absolute Gasteiger partial charge is 0.416 e. The van der Waals surface area contributed by atoms with Gasteiger partial charge >= 0.3 is 6.18 Å². The first-order valence-corrected chi connectivity index (χ1v) is 8.84. The molecule has 0 radical (unpaired) electrons. The van der Waals surface area contributed by atoms with Gasteiger partial charge in [-0.2, -0.15) is 18.3 Å². The minimum absolute atomic E-state index is 0.0275. The maximum absolute atomic E-state index is 13.0. The van der Waals surface area contributed by atoms with Gasteiger partial charge in [-0.25, -0.2) is 4.68 Å².